The first kappa shape index (κ1) is 14.0. The Morgan fingerprint density at radius 2 is 1.95 bits per heavy atom. The molecule has 1 aromatic carbocycles. The molecule has 19 heavy (non-hydrogen) atoms. The predicted octanol–water partition coefficient (Wildman–Crippen LogP) is 4.15. The van der Waals surface area contributed by atoms with Crippen LogP contribution in [-0.4, -0.2) is 0 Å². The lowest BCUT2D eigenvalue weighted by molar-refractivity contribution is -0.140. The molecule has 0 aliphatic rings. The zero-order valence-electron chi connectivity index (χ0n) is 9.75. The number of hydrogen-bond donors (Lipinski definition) is 1. The third-order valence-electron chi connectivity index (χ3n) is 2.73. The molecule has 2 aromatic rings. The highest BCUT2D eigenvalue weighted by atomic mass is 32.1. The third-order valence-corrected chi connectivity index (χ3v) is 3.62. The summed E-state index contributed by atoms with van der Waals surface area (Å²) in [4.78, 5) is 0.977. The van der Waals surface area contributed by atoms with E-state index in [2.05, 4.69) is 0 Å². The van der Waals surface area contributed by atoms with Crippen molar-refractivity contribution in [3.63, 3.8) is 0 Å². The molecular weight excluding hydrogens is 278 g/mol. The van der Waals surface area contributed by atoms with Crippen LogP contribution in [-0.2, 0) is 12.6 Å². The van der Waals surface area contributed by atoms with Crippen LogP contribution in [0.25, 0.3) is 0 Å². The molecule has 0 amide bonds. The highest BCUT2D eigenvalue weighted by Gasteiger charge is 2.34. The van der Waals surface area contributed by atoms with Crippen LogP contribution in [0.15, 0.2) is 35.7 Å². The van der Waals surface area contributed by atoms with Gasteiger partial charge in [-0.1, -0.05) is 12.1 Å². The minimum atomic E-state index is -4.71. The Hall–Kier alpha value is -1.40. The molecule has 0 aliphatic heterocycles. The minimum Gasteiger partial charge on any atom is -0.324 e. The second kappa shape index (κ2) is 5.30. The fourth-order valence-electron chi connectivity index (χ4n) is 1.75. The fraction of sp³-hybridized carbons (Fsp3) is 0.231. The van der Waals surface area contributed by atoms with Gasteiger partial charge in [-0.2, -0.15) is 13.2 Å². The molecule has 1 atom stereocenters. The van der Waals surface area contributed by atoms with Crippen LogP contribution in [0.1, 0.15) is 22.0 Å². The maximum atomic E-state index is 13.1. The first-order valence-corrected chi connectivity index (χ1v) is 6.40. The summed E-state index contributed by atoms with van der Waals surface area (Å²) < 4.78 is 50.9. The Kier molecular flexibility index (Phi) is 3.91. The van der Waals surface area contributed by atoms with Gasteiger partial charge in [0.15, 0.2) is 0 Å². The number of alkyl halides is 3. The van der Waals surface area contributed by atoms with E-state index in [-0.39, 0.29) is 5.56 Å². The normalized spacial score (nSPS) is 13.5. The molecule has 0 fully saturated rings. The molecule has 1 aromatic heterocycles. The van der Waals surface area contributed by atoms with E-state index < -0.39 is 23.6 Å². The smallest absolute Gasteiger partial charge is 0.324 e. The summed E-state index contributed by atoms with van der Waals surface area (Å²) in [7, 11) is 0. The first-order chi connectivity index (χ1) is 8.88. The summed E-state index contributed by atoms with van der Waals surface area (Å²) in [5, 5.41) is 1.87. The van der Waals surface area contributed by atoms with Crippen LogP contribution in [0.5, 0.6) is 0 Å². The van der Waals surface area contributed by atoms with E-state index >= 15 is 0 Å². The molecule has 2 rings (SSSR count). The zero-order valence-corrected chi connectivity index (χ0v) is 10.6. The lowest BCUT2D eigenvalue weighted by atomic mass is 10.0. The molecule has 2 N–H and O–H groups in total. The van der Waals surface area contributed by atoms with Crippen molar-refractivity contribution in [2.45, 2.75) is 18.6 Å². The quantitative estimate of drug-likeness (QED) is 0.844. The molecule has 0 spiro atoms. The van der Waals surface area contributed by atoms with E-state index in [4.69, 9.17) is 5.73 Å². The van der Waals surface area contributed by atoms with Crippen molar-refractivity contribution >= 4 is 11.3 Å². The van der Waals surface area contributed by atoms with Gasteiger partial charge in [-0.05, 0) is 29.1 Å². The summed E-state index contributed by atoms with van der Waals surface area (Å²) in [6.45, 7) is 0. The number of halogens is 4. The number of hydrogen-bond acceptors (Lipinski definition) is 2. The first-order valence-electron chi connectivity index (χ1n) is 5.52. The largest absolute Gasteiger partial charge is 0.419 e. The summed E-state index contributed by atoms with van der Waals surface area (Å²) in [5.74, 6) is -1.28. The van der Waals surface area contributed by atoms with Gasteiger partial charge in [-0.15, -0.1) is 11.3 Å². The number of rotatable bonds is 3. The van der Waals surface area contributed by atoms with Gasteiger partial charge in [0, 0.05) is 17.3 Å². The summed E-state index contributed by atoms with van der Waals surface area (Å²) >= 11 is 1.48. The maximum absolute atomic E-state index is 13.1. The molecule has 0 bridgehead atoms. The highest BCUT2D eigenvalue weighted by Crippen LogP contribution is 2.33. The fourth-order valence-corrected chi connectivity index (χ4v) is 2.52. The topological polar surface area (TPSA) is 26.0 Å². The highest BCUT2D eigenvalue weighted by molar-refractivity contribution is 7.09. The molecule has 0 saturated heterocycles. The summed E-state index contributed by atoms with van der Waals surface area (Å²) in [5.41, 5.74) is 4.87. The minimum absolute atomic E-state index is 0.280. The summed E-state index contributed by atoms with van der Waals surface area (Å²) in [6, 6.07) is 6.01. The van der Waals surface area contributed by atoms with Gasteiger partial charge in [0.1, 0.15) is 5.82 Å². The van der Waals surface area contributed by atoms with E-state index in [0.717, 1.165) is 17.0 Å². The Balaban J connectivity index is 2.25. The molecule has 1 unspecified atom stereocenters. The van der Waals surface area contributed by atoms with Crippen LogP contribution >= 0.6 is 11.3 Å². The molecule has 0 saturated carbocycles. The van der Waals surface area contributed by atoms with Crippen molar-refractivity contribution < 1.29 is 17.6 Å². The molecule has 0 aliphatic carbocycles. The molecule has 1 nitrogen and oxygen atoms in total. The van der Waals surface area contributed by atoms with Crippen molar-refractivity contribution in [2.75, 3.05) is 0 Å². The summed E-state index contributed by atoms with van der Waals surface area (Å²) in [6.07, 6.45) is -4.27. The number of benzene rings is 1. The average molecular weight is 289 g/mol. The molecule has 6 heteroatoms. The van der Waals surface area contributed by atoms with Gasteiger partial charge >= 0.3 is 6.18 Å². The van der Waals surface area contributed by atoms with Gasteiger partial charge in [-0.3, -0.25) is 0 Å². The van der Waals surface area contributed by atoms with Gasteiger partial charge < -0.3 is 5.73 Å². The van der Waals surface area contributed by atoms with E-state index in [0.29, 0.717) is 6.42 Å². The van der Waals surface area contributed by atoms with Gasteiger partial charge in [-0.25, -0.2) is 4.39 Å². The third kappa shape index (κ3) is 3.33. The lowest BCUT2D eigenvalue weighted by Crippen LogP contribution is -2.15. The van der Waals surface area contributed by atoms with Crippen molar-refractivity contribution in [2.24, 2.45) is 5.73 Å². The SMILES string of the molecule is NC(Cc1cccs1)c1ccc(F)c(C(F)(F)F)c1. The van der Waals surface area contributed by atoms with Crippen molar-refractivity contribution in [1.82, 2.24) is 0 Å². The number of nitrogens with two attached hydrogens (primary N) is 1. The van der Waals surface area contributed by atoms with Gasteiger partial charge in [0.25, 0.3) is 0 Å². The second-order valence-corrected chi connectivity index (χ2v) is 5.16. The Morgan fingerprint density at radius 3 is 2.53 bits per heavy atom. The van der Waals surface area contributed by atoms with E-state index in [1.54, 1.807) is 0 Å². The Bertz CT molecular complexity index is 548. The molecular formula is C13H11F4NS. The second-order valence-electron chi connectivity index (χ2n) is 4.13. The number of thiophene rings is 1. The van der Waals surface area contributed by atoms with Gasteiger partial charge in [0.2, 0.25) is 0 Å². The predicted molar refractivity (Wildman–Crippen MR) is 66.4 cm³/mol. The average Bonchev–Trinajstić information content (AvgIpc) is 2.80. The lowest BCUT2D eigenvalue weighted by Gasteiger charge is -2.14. The van der Waals surface area contributed by atoms with Crippen LogP contribution in [0.2, 0.25) is 0 Å². The van der Waals surface area contributed by atoms with Crippen molar-refractivity contribution in [1.29, 1.82) is 0 Å². The van der Waals surface area contributed by atoms with Crippen molar-refractivity contribution in [3.8, 4) is 0 Å². The Labute approximate surface area is 111 Å². The van der Waals surface area contributed by atoms with Crippen LogP contribution in [0.3, 0.4) is 0 Å². The standard InChI is InChI=1S/C13H11F4NS/c14-11-4-3-8(6-10(11)13(15,16)17)12(18)7-9-2-1-5-19-9/h1-6,12H,7,18H2. The van der Waals surface area contributed by atoms with Crippen molar-refractivity contribution in [3.05, 3.63) is 57.5 Å². The van der Waals surface area contributed by atoms with Crippen LogP contribution < -0.4 is 5.73 Å². The van der Waals surface area contributed by atoms with E-state index in [1.807, 2.05) is 17.5 Å². The van der Waals surface area contributed by atoms with Crippen LogP contribution in [0.4, 0.5) is 17.6 Å². The van der Waals surface area contributed by atoms with Gasteiger partial charge in [0.05, 0.1) is 5.56 Å². The van der Waals surface area contributed by atoms with E-state index in [1.165, 1.54) is 17.4 Å². The monoisotopic (exact) mass is 289 g/mol. The van der Waals surface area contributed by atoms with E-state index in [9.17, 15) is 17.6 Å². The molecule has 0 radical (unpaired) electrons. The molecule has 1 heterocycles. The zero-order chi connectivity index (χ0) is 14.0. The molecule has 102 valence electrons. The maximum Gasteiger partial charge on any atom is 0.419 e. The Morgan fingerprint density at radius 1 is 1.21 bits per heavy atom. The van der Waals surface area contributed by atoms with Crippen LogP contribution in [0, 0.1) is 5.82 Å².